The second kappa shape index (κ2) is 5.54. The molecule has 1 saturated heterocycles. The van der Waals surface area contributed by atoms with Crippen LogP contribution < -0.4 is 10.2 Å². The van der Waals surface area contributed by atoms with Crippen LogP contribution in [-0.2, 0) is 4.79 Å². The molecular weight excluding hydrogens is 332 g/mol. The fourth-order valence-electron chi connectivity index (χ4n) is 2.11. The highest BCUT2D eigenvalue weighted by atomic mass is 79.9. The molecule has 0 saturated carbocycles. The summed E-state index contributed by atoms with van der Waals surface area (Å²) in [5, 5.41) is 2.60. The molecule has 0 bridgehead atoms. The molecule has 3 amide bonds. The zero-order valence-corrected chi connectivity index (χ0v) is 12.5. The van der Waals surface area contributed by atoms with Crippen LogP contribution >= 0.6 is 15.9 Å². The summed E-state index contributed by atoms with van der Waals surface area (Å²) < 4.78 is 0.911. The summed E-state index contributed by atoms with van der Waals surface area (Å²) in [5.74, 6) is -0.355. The van der Waals surface area contributed by atoms with E-state index in [1.165, 1.54) is 0 Å². The molecule has 1 aliphatic heterocycles. The van der Waals surface area contributed by atoms with Crippen molar-refractivity contribution in [3.05, 3.63) is 70.3 Å². The van der Waals surface area contributed by atoms with E-state index in [1.54, 1.807) is 30.3 Å². The lowest BCUT2D eigenvalue weighted by molar-refractivity contribution is -0.113. The van der Waals surface area contributed by atoms with Crippen molar-refractivity contribution in [3.8, 4) is 0 Å². The number of hydrogen-bond donors (Lipinski definition) is 1. The molecule has 2 aromatic rings. The highest BCUT2D eigenvalue weighted by Gasteiger charge is 2.34. The molecule has 1 fully saturated rings. The van der Waals surface area contributed by atoms with Crippen molar-refractivity contribution in [2.24, 2.45) is 0 Å². The molecule has 1 N–H and O–H groups in total. The SMILES string of the molecule is O=C1NC(=Cc2cccc(Br)c2)C(=O)N1c1ccccc1. The first kappa shape index (κ1) is 13.6. The van der Waals surface area contributed by atoms with Gasteiger partial charge >= 0.3 is 6.03 Å². The molecule has 1 aliphatic rings. The second-order valence-corrected chi connectivity index (χ2v) is 5.43. The van der Waals surface area contributed by atoms with Crippen LogP contribution in [0.3, 0.4) is 0 Å². The lowest BCUT2D eigenvalue weighted by Crippen LogP contribution is -2.30. The molecule has 0 aliphatic carbocycles. The van der Waals surface area contributed by atoms with Gasteiger partial charge in [-0.2, -0.15) is 0 Å². The van der Waals surface area contributed by atoms with Crippen LogP contribution in [0.15, 0.2) is 64.8 Å². The Bertz CT molecular complexity index is 741. The number of hydrogen-bond acceptors (Lipinski definition) is 2. The first-order valence-corrected chi connectivity index (χ1v) is 7.12. The fourth-order valence-corrected chi connectivity index (χ4v) is 2.53. The minimum atomic E-state index is -0.438. The number of urea groups is 1. The van der Waals surface area contributed by atoms with Crippen LogP contribution in [0.5, 0.6) is 0 Å². The number of nitrogens with one attached hydrogen (secondary N) is 1. The Labute approximate surface area is 130 Å². The van der Waals surface area contributed by atoms with Gasteiger partial charge in [0.1, 0.15) is 5.70 Å². The van der Waals surface area contributed by atoms with Crippen molar-refractivity contribution >= 4 is 39.6 Å². The molecule has 3 rings (SSSR count). The van der Waals surface area contributed by atoms with Gasteiger partial charge in [0, 0.05) is 4.47 Å². The van der Waals surface area contributed by atoms with Gasteiger partial charge < -0.3 is 5.32 Å². The van der Waals surface area contributed by atoms with Gasteiger partial charge in [-0.3, -0.25) is 4.79 Å². The van der Waals surface area contributed by atoms with Crippen LogP contribution in [0.1, 0.15) is 5.56 Å². The lowest BCUT2D eigenvalue weighted by Gasteiger charge is -2.10. The van der Waals surface area contributed by atoms with Crippen LogP contribution in [0.2, 0.25) is 0 Å². The van der Waals surface area contributed by atoms with Crippen molar-refractivity contribution < 1.29 is 9.59 Å². The number of nitrogens with zero attached hydrogens (tertiary/aromatic N) is 1. The second-order valence-electron chi connectivity index (χ2n) is 4.52. The number of carbonyl (C=O) groups excluding carboxylic acids is 2. The molecule has 0 spiro atoms. The van der Waals surface area contributed by atoms with E-state index in [4.69, 9.17) is 0 Å². The molecule has 4 nitrogen and oxygen atoms in total. The molecule has 0 aromatic heterocycles. The average molecular weight is 343 g/mol. The summed E-state index contributed by atoms with van der Waals surface area (Å²) in [6.45, 7) is 0. The zero-order chi connectivity index (χ0) is 14.8. The molecule has 0 unspecified atom stereocenters. The van der Waals surface area contributed by atoms with Gasteiger partial charge in [-0.1, -0.05) is 46.3 Å². The molecule has 104 valence electrons. The van der Waals surface area contributed by atoms with Gasteiger partial charge in [-0.05, 0) is 35.9 Å². The van der Waals surface area contributed by atoms with E-state index in [0.717, 1.165) is 14.9 Å². The summed E-state index contributed by atoms with van der Waals surface area (Å²) in [5.41, 5.74) is 1.66. The third-order valence-electron chi connectivity index (χ3n) is 3.05. The first-order chi connectivity index (χ1) is 10.1. The highest BCUT2D eigenvalue weighted by molar-refractivity contribution is 9.10. The predicted molar refractivity (Wildman–Crippen MR) is 84.6 cm³/mol. The number of benzene rings is 2. The molecule has 0 atom stereocenters. The normalized spacial score (nSPS) is 16.4. The van der Waals surface area contributed by atoms with Crippen LogP contribution in [0.25, 0.3) is 6.08 Å². The van der Waals surface area contributed by atoms with E-state index in [9.17, 15) is 9.59 Å². The standard InChI is InChI=1S/C16H11BrN2O2/c17-12-6-4-5-11(9-12)10-14-15(20)19(16(21)18-14)13-7-2-1-3-8-13/h1-10H,(H,18,21). The van der Waals surface area contributed by atoms with Crippen molar-refractivity contribution in [2.45, 2.75) is 0 Å². The van der Waals surface area contributed by atoms with E-state index >= 15 is 0 Å². The number of carbonyl (C=O) groups is 2. The minimum Gasteiger partial charge on any atom is -0.302 e. The number of para-hydroxylation sites is 1. The van der Waals surface area contributed by atoms with E-state index in [1.807, 2.05) is 30.3 Å². The Morgan fingerprint density at radius 3 is 2.48 bits per heavy atom. The van der Waals surface area contributed by atoms with Crippen LogP contribution in [0, 0.1) is 0 Å². The zero-order valence-electron chi connectivity index (χ0n) is 10.9. The smallest absolute Gasteiger partial charge is 0.302 e. The lowest BCUT2D eigenvalue weighted by atomic mass is 10.2. The van der Waals surface area contributed by atoms with Crippen molar-refractivity contribution in [1.82, 2.24) is 5.32 Å². The first-order valence-electron chi connectivity index (χ1n) is 6.33. The maximum absolute atomic E-state index is 12.4. The third-order valence-corrected chi connectivity index (χ3v) is 3.55. The largest absolute Gasteiger partial charge is 0.333 e. The summed E-state index contributed by atoms with van der Waals surface area (Å²) >= 11 is 3.38. The highest BCUT2D eigenvalue weighted by Crippen LogP contribution is 2.22. The summed E-state index contributed by atoms with van der Waals surface area (Å²) in [7, 11) is 0. The third kappa shape index (κ3) is 2.73. The number of anilines is 1. The Balaban J connectivity index is 1.94. The van der Waals surface area contributed by atoms with E-state index < -0.39 is 6.03 Å². The van der Waals surface area contributed by atoms with Gasteiger partial charge in [-0.15, -0.1) is 0 Å². The maximum atomic E-state index is 12.4. The summed E-state index contributed by atoms with van der Waals surface area (Å²) in [6.07, 6.45) is 1.66. The van der Waals surface area contributed by atoms with Gasteiger partial charge in [0.25, 0.3) is 5.91 Å². The van der Waals surface area contributed by atoms with Crippen molar-refractivity contribution in [1.29, 1.82) is 0 Å². The summed E-state index contributed by atoms with van der Waals surface area (Å²) in [4.78, 5) is 25.5. The van der Waals surface area contributed by atoms with E-state index in [0.29, 0.717) is 5.69 Å². The molecular formula is C16H11BrN2O2. The Kier molecular flexibility index (Phi) is 3.58. The van der Waals surface area contributed by atoms with E-state index in [2.05, 4.69) is 21.2 Å². The van der Waals surface area contributed by atoms with Crippen LogP contribution in [-0.4, -0.2) is 11.9 Å². The Hall–Kier alpha value is -2.40. The Morgan fingerprint density at radius 1 is 1.00 bits per heavy atom. The number of halogens is 1. The van der Waals surface area contributed by atoms with Gasteiger partial charge in [0.15, 0.2) is 0 Å². The average Bonchev–Trinajstić information content (AvgIpc) is 2.74. The maximum Gasteiger partial charge on any atom is 0.333 e. The molecule has 1 heterocycles. The minimum absolute atomic E-state index is 0.266. The molecule has 21 heavy (non-hydrogen) atoms. The number of imide groups is 1. The van der Waals surface area contributed by atoms with Gasteiger partial charge in [-0.25, -0.2) is 9.69 Å². The van der Waals surface area contributed by atoms with Crippen molar-refractivity contribution in [2.75, 3.05) is 4.90 Å². The summed E-state index contributed by atoms with van der Waals surface area (Å²) in [6, 6.07) is 15.9. The number of amides is 3. The Morgan fingerprint density at radius 2 is 1.76 bits per heavy atom. The molecule has 0 radical (unpaired) electrons. The van der Waals surface area contributed by atoms with Gasteiger partial charge in [0.2, 0.25) is 0 Å². The number of rotatable bonds is 2. The topological polar surface area (TPSA) is 49.4 Å². The van der Waals surface area contributed by atoms with Crippen LogP contribution in [0.4, 0.5) is 10.5 Å². The fraction of sp³-hybridized carbons (Fsp3) is 0. The molecule has 5 heteroatoms. The predicted octanol–water partition coefficient (Wildman–Crippen LogP) is 3.55. The molecule has 2 aromatic carbocycles. The van der Waals surface area contributed by atoms with E-state index in [-0.39, 0.29) is 11.6 Å². The van der Waals surface area contributed by atoms with Gasteiger partial charge in [0.05, 0.1) is 5.69 Å². The quantitative estimate of drug-likeness (QED) is 0.670. The monoisotopic (exact) mass is 342 g/mol. The van der Waals surface area contributed by atoms with Crippen molar-refractivity contribution in [3.63, 3.8) is 0 Å².